The summed E-state index contributed by atoms with van der Waals surface area (Å²) in [6.07, 6.45) is 37.1. The summed E-state index contributed by atoms with van der Waals surface area (Å²) in [6, 6.07) is 0. The van der Waals surface area contributed by atoms with Gasteiger partial charge in [0.05, 0.1) is 12.3 Å². The highest BCUT2D eigenvalue weighted by molar-refractivity contribution is 5.79. The molecule has 0 heterocycles. The van der Waals surface area contributed by atoms with Crippen molar-refractivity contribution in [3.63, 3.8) is 0 Å². The molecule has 0 amide bonds. The van der Waals surface area contributed by atoms with Gasteiger partial charge in [-0.3, -0.25) is 9.59 Å². The predicted molar refractivity (Wildman–Crippen MR) is 163 cm³/mol. The Morgan fingerprint density at radius 2 is 1.05 bits per heavy atom. The molecule has 0 saturated carbocycles. The highest BCUT2D eigenvalue weighted by atomic mass is 16.5. The molecule has 0 aromatic carbocycles. The maximum atomic E-state index is 12.0. The molecule has 0 aliphatic heterocycles. The standard InChI is InChI=1S/C34H62O4/c1-3-5-6-7-8-9-10-11-12-13-14-15-16-17-18-19-20-21-22-23-24-25-26-27-28-29-32(31-33(35)36)34(37)38-30-4-2/h4,9-10,32H,2-3,5-8,11-31H2,1H3,(H,35,36)/b10-9+. The number of esters is 1. The van der Waals surface area contributed by atoms with Crippen molar-refractivity contribution in [3.8, 4) is 0 Å². The summed E-state index contributed by atoms with van der Waals surface area (Å²) >= 11 is 0. The van der Waals surface area contributed by atoms with E-state index in [9.17, 15) is 9.59 Å². The molecule has 0 rings (SSSR count). The summed E-state index contributed by atoms with van der Waals surface area (Å²) < 4.78 is 5.04. The second-order valence-corrected chi connectivity index (χ2v) is 11.1. The van der Waals surface area contributed by atoms with Crippen LogP contribution in [-0.4, -0.2) is 23.7 Å². The number of rotatable bonds is 30. The largest absolute Gasteiger partial charge is 0.481 e. The van der Waals surface area contributed by atoms with E-state index in [0.29, 0.717) is 6.42 Å². The van der Waals surface area contributed by atoms with Crippen molar-refractivity contribution in [3.05, 3.63) is 24.8 Å². The van der Waals surface area contributed by atoms with Gasteiger partial charge in [-0.2, -0.15) is 0 Å². The van der Waals surface area contributed by atoms with Crippen LogP contribution >= 0.6 is 0 Å². The summed E-state index contributed by atoms with van der Waals surface area (Å²) in [5.41, 5.74) is 0. The summed E-state index contributed by atoms with van der Waals surface area (Å²) in [4.78, 5) is 23.0. The minimum Gasteiger partial charge on any atom is -0.481 e. The molecule has 0 saturated heterocycles. The number of hydrogen-bond donors (Lipinski definition) is 1. The Hall–Kier alpha value is -1.58. The fourth-order valence-electron chi connectivity index (χ4n) is 5.00. The summed E-state index contributed by atoms with van der Waals surface area (Å²) in [6.45, 7) is 5.94. The molecule has 1 atom stereocenters. The molecule has 0 fully saturated rings. The lowest BCUT2D eigenvalue weighted by molar-refractivity contribution is -0.152. The molecule has 0 radical (unpaired) electrons. The first-order chi connectivity index (χ1) is 18.6. The zero-order valence-corrected chi connectivity index (χ0v) is 25.1. The van der Waals surface area contributed by atoms with Gasteiger partial charge in [0.25, 0.3) is 0 Å². The minimum atomic E-state index is -0.941. The number of carboxylic acid groups (broad SMARTS) is 1. The van der Waals surface area contributed by atoms with Gasteiger partial charge in [0.2, 0.25) is 0 Å². The minimum absolute atomic E-state index is 0.145. The van der Waals surface area contributed by atoms with Crippen LogP contribution in [0.4, 0.5) is 0 Å². The summed E-state index contributed by atoms with van der Waals surface area (Å²) in [5, 5.41) is 9.02. The second-order valence-electron chi connectivity index (χ2n) is 11.1. The molecule has 222 valence electrons. The summed E-state index contributed by atoms with van der Waals surface area (Å²) in [7, 11) is 0. The third-order valence-corrected chi connectivity index (χ3v) is 7.41. The van der Waals surface area contributed by atoms with E-state index in [0.717, 1.165) is 19.3 Å². The van der Waals surface area contributed by atoms with Crippen molar-refractivity contribution < 1.29 is 19.4 Å². The zero-order valence-electron chi connectivity index (χ0n) is 25.1. The number of carboxylic acids is 1. The predicted octanol–water partition coefficient (Wildman–Crippen LogP) is 10.7. The van der Waals surface area contributed by atoms with E-state index in [1.165, 1.54) is 134 Å². The molecule has 0 aromatic heterocycles. The van der Waals surface area contributed by atoms with Crippen LogP contribution in [-0.2, 0) is 14.3 Å². The summed E-state index contributed by atoms with van der Waals surface area (Å²) in [5.74, 6) is -1.88. The Bertz CT molecular complexity index is 569. The molecule has 0 bridgehead atoms. The molecule has 0 aromatic rings. The van der Waals surface area contributed by atoms with Gasteiger partial charge >= 0.3 is 11.9 Å². The van der Waals surface area contributed by atoms with Crippen LogP contribution in [0, 0.1) is 5.92 Å². The molecule has 4 heteroatoms. The monoisotopic (exact) mass is 534 g/mol. The van der Waals surface area contributed by atoms with E-state index in [-0.39, 0.29) is 13.0 Å². The van der Waals surface area contributed by atoms with E-state index >= 15 is 0 Å². The van der Waals surface area contributed by atoms with Crippen molar-refractivity contribution >= 4 is 11.9 Å². The van der Waals surface area contributed by atoms with Crippen LogP contribution in [0.1, 0.15) is 167 Å². The molecule has 0 aliphatic carbocycles. The first kappa shape index (κ1) is 36.4. The van der Waals surface area contributed by atoms with Crippen molar-refractivity contribution in [1.82, 2.24) is 0 Å². The van der Waals surface area contributed by atoms with E-state index in [1.54, 1.807) is 0 Å². The Morgan fingerprint density at radius 3 is 1.45 bits per heavy atom. The van der Waals surface area contributed by atoms with Gasteiger partial charge in [0.15, 0.2) is 0 Å². The van der Waals surface area contributed by atoms with Crippen molar-refractivity contribution in [2.75, 3.05) is 6.61 Å². The Labute approximate surface area is 236 Å². The zero-order chi connectivity index (χ0) is 27.9. The first-order valence-electron chi connectivity index (χ1n) is 16.3. The van der Waals surface area contributed by atoms with Gasteiger partial charge in [-0.25, -0.2) is 0 Å². The normalized spacial score (nSPS) is 12.1. The Morgan fingerprint density at radius 1 is 0.658 bits per heavy atom. The lowest BCUT2D eigenvalue weighted by atomic mass is 9.97. The van der Waals surface area contributed by atoms with Gasteiger partial charge in [-0.15, -0.1) is 0 Å². The molecule has 1 unspecified atom stereocenters. The third-order valence-electron chi connectivity index (χ3n) is 7.41. The van der Waals surface area contributed by atoms with Gasteiger partial charge < -0.3 is 9.84 Å². The number of hydrogen-bond acceptors (Lipinski definition) is 3. The second kappa shape index (κ2) is 30.0. The topological polar surface area (TPSA) is 63.6 Å². The molecular formula is C34H62O4. The van der Waals surface area contributed by atoms with Crippen molar-refractivity contribution in [2.24, 2.45) is 5.92 Å². The molecule has 38 heavy (non-hydrogen) atoms. The lowest BCUT2D eigenvalue weighted by Gasteiger charge is -2.13. The Balaban J connectivity index is 3.35. The fourth-order valence-corrected chi connectivity index (χ4v) is 5.00. The Kier molecular flexibility index (Phi) is 28.7. The van der Waals surface area contributed by atoms with E-state index < -0.39 is 17.9 Å². The number of carbonyl (C=O) groups excluding carboxylic acids is 1. The molecule has 0 aliphatic rings. The van der Waals surface area contributed by atoms with Crippen molar-refractivity contribution in [2.45, 2.75) is 167 Å². The van der Waals surface area contributed by atoms with E-state index in [4.69, 9.17) is 9.84 Å². The molecule has 1 N–H and O–H groups in total. The smallest absolute Gasteiger partial charge is 0.309 e. The van der Waals surface area contributed by atoms with Crippen LogP contribution < -0.4 is 0 Å². The quantitative estimate of drug-likeness (QED) is 0.0565. The van der Waals surface area contributed by atoms with E-state index in [2.05, 4.69) is 25.7 Å². The number of allylic oxidation sites excluding steroid dienone is 2. The maximum absolute atomic E-state index is 12.0. The van der Waals surface area contributed by atoms with Crippen LogP contribution in [0.25, 0.3) is 0 Å². The molecule has 4 nitrogen and oxygen atoms in total. The van der Waals surface area contributed by atoms with Gasteiger partial charge in [0, 0.05) is 0 Å². The lowest BCUT2D eigenvalue weighted by Crippen LogP contribution is -2.21. The highest BCUT2D eigenvalue weighted by Gasteiger charge is 2.22. The third kappa shape index (κ3) is 27.5. The average molecular weight is 535 g/mol. The number of carbonyl (C=O) groups is 2. The number of aliphatic carboxylic acids is 1. The molecular weight excluding hydrogens is 472 g/mol. The van der Waals surface area contributed by atoms with Gasteiger partial charge in [-0.1, -0.05) is 154 Å². The van der Waals surface area contributed by atoms with Gasteiger partial charge in [0.1, 0.15) is 6.61 Å². The first-order valence-corrected chi connectivity index (χ1v) is 16.3. The van der Waals surface area contributed by atoms with Gasteiger partial charge in [-0.05, 0) is 32.1 Å². The van der Waals surface area contributed by atoms with Crippen LogP contribution in [0.5, 0.6) is 0 Å². The van der Waals surface area contributed by atoms with Crippen LogP contribution in [0.3, 0.4) is 0 Å². The van der Waals surface area contributed by atoms with Crippen LogP contribution in [0.2, 0.25) is 0 Å². The van der Waals surface area contributed by atoms with Crippen LogP contribution in [0.15, 0.2) is 24.8 Å². The maximum Gasteiger partial charge on any atom is 0.309 e. The fraction of sp³-hybridized carbons (Fsp3) is 0.824. The number of unbranched alkanes of at least 4 members (excludes halogenated alkanes) is 21. The molecule has 0 spiro atoms. The van der Waals surface area contributed by atoms with Crippen molar-refractivity contribution in [1.29, 1.82) is 0 Å². The average Bonchev–Trinajstić information content (AvgIpc) is 2.90. The number of ether oxygens (including phenoxy) is 1. The van der Waals surface area contributed by atoms with E-state index in [1.807, 2.05) is 0 Å². The SMILES string of the molecule is C=CCOC(=O)C(CCCCCCCCCCCCCCCCCCC/C=C/CCCCCC)CC(=O)O. The highest BCUT2D eigenvalue weighted by Crippen LogP contribution is 2.18.